The van der Waals surface area contributed by atoms with Crippen LogP contribution in [0.3, 0.4) is 0 Å². The molecule has 0 atom stereocenters. The van der Waals surface area contributed by atoms with Gasteiger partial charge in [-0.05, 0) is 30.7 Å². The van der Waals surface area contributed by atoms with E-state index in [1.165, 1.54) is 6.07 Å². The summed E-state index contributed by atoms with van der Waals surface area (Å²) in [6.07, 6.45) is 0.773. The third-order valence-corrected chi connectivity index (χ3v) is 1.38. The molecule has 1 aromatic rings. The van der Waals surface area contributed by atoms with Gasteiger partial charge in [0.1, 0.15) is 12.0 Å². The first-order chi connectivity index (χ1) is 6.15. The van der Waals surface area contributed by atoms with Crippen molar-refractivity contribution in [1.29, 1.82) is 0 Å². The second kappa shape index (κ2) is 6.20. The first kappa shape index (κ1) is 11.6. The smallest absolute Gasteiger partial charge is 0.150 e. The van der Waals surface area contributed by atoms with Crippen molar-refractivity contribution in [3.63, 3.8) is 0 Å². The molecule has 0 saturated carbocycles. The van der Waals surface area contributed by atoms with Gasteiger partial charge in [-0.25, -0.2) is 0 Å². The first-order valence-corrected chi connectivity index (χ1v) is 3.80. The van der Waals surface area contributed by atoms with Crippen LogP contribution in [0, 0.1) is 6.92 Å². The van der Waals surface area contributed by atoms with Gasteiger partial charge in [0.05, 0.1) is 0 Å². The first-order valence-electron chi connectivity index (χ1n) is 3.80. The van der Waals surface area contributed by atoms with Crippen molar-refractivity contribution in [3.05, 3.63) is 29.3 Å². The summed E-state index contributed by atoms with van der Waals surface area (Å²) in [5.41, 5.74) is 1.42. The lowest BCUT2D eigenvalue weighted by Crippen LogP contribution is -1.83. The Morgan fingerprint density at radius 1 is 1.38 bits per heavy atom. The van der Waals surface area contributed by atoms with Crippen molar-refractivity contribution >= 4 is 6.29 Å². The van der Waals surface area contributed by atoms with Crippen LogP contribution in [0.4, 0.5) is 0 Å². The Labute approximate surface area is 78.0 Å². The third-order valence-electron chi connectivity index (χ3n) is 1.38. The van der Waals surface area contributed by atoms with Crippen molar-refractivity contribution in [2.75, 3.05) is 14.2 Å². The number of phenolic OH excluding ortho intramolecular Hbond substituents is 1. The molecule has 0 aromatic heterocycles. The summed E-state index contributed by atoms with van der Waals surface area (Å²) < 4.78 is 4.25. The molecule has 3 heteroatoms. The summed E-state index contributed by atoms with van der Waals surface area (Å²) >= 11 is 0. The molecule has 0 aliphatic rings. The summed E-state index contributed by atoms with van der Waals surface area (Å²) in [5, 5.41) is 8.92. The van der Waals surface area contributed by atoms with Crippen LogP contribution in [0.1, 0.15) is 15.9 Å². The predicted molar refractivity (Wildman–Crippen MR) is 51.2 cm³/mol. The number of ether oxygens (including phenoxy) is 1. The number of phenols is 1. The molecule has 0 spiro atoms. The minimum absolute atomic E-state index is 0.197. The topological polar surface area (TPSA) is 46.5 Å². The van der Waals surface area contributed by atoms with Crippen molar-refractivity contribution in [3.8, 4) is 5.75 Å². The van der Waals surface area contributed by atoms with E-state index in [4.69, 9.17) is 5.11 Å². The molecule has 0 unspecified atom stereocenters. The molecule has 1 N–H and O–H groups in total. The van der Waals surface area contributed by atoms with Crippen LogP contribution in [0.2, 0.25) is 0 Å². The Hall–Kier alpha value is -1.35. The Morgan fingerprint density at radius 2 is 1.92 bits per heavy atom. The van der Waals surface area contributed by atoms with E-state index in [2.05, 4.69) is 4.74 Å². The van der Waals surface area contributed by atoms with Crippen molar-refractivity contribution in [2.45, 2.75) is 6.92 Å². The van der Waals surface area contributed by atoms with Gasteiger partial charge in [-0.2, -0.15) is 0 Å². The van der Waals surface area contributed by atoms with Gasteiger partial charge in [0, 0.05) is 19.8 Å². The van der Waals surface area contributed by atoms with Crippen LogP contribution in [0.5, 0.6) is 5.75 Å². The fourth-order valence-electron chi connectivity index (χ4n) is 0.792. The number of carbonyl (C=O) groups excluding carboxylic acids is 1. The SMILES string of the molecule is COC.Cc1cc(O)ccc1C=O. The number of aldehydes is 1. The molecule has 1 rings (SSSR count). The average Bonchev–Trinajstić information content (AvgIpc) is 2.06. The molecular weight excluding hydrogens is 168 g/mol. The highest BCUT2D eigenvalue weighted by atomic mass is 16.4. The fraction of sp³-hybridized carbons (Fsp3) is 0.300. The van der Waals surface area contributed by atoms with Gasteiger partial charge in [0.2, 0.25) is 0 Å². The normalized spacial score (nSPS) is 8.54. The zero-order valence-corrected chi connectivity index (χ0v) is 8.07. The number of aryl methyl sites for hydroxylation is 1. The number of benzene rings is 1. The third kappa shape index (κ3) is 4.28. The van der Waals surface area contributed by atoms with Gasteiger partial charge in [-0.15, -0.1) is 0 Å². The molecular formula is C10H14O3. The number of aromatic hydroxyl groups is 1. The lowest BCUT2D eigenvalue weighted by molar-refractivity contribution is 0.112. The summed E-state index contributed by atoms with van der Waals surface area (Å²) in [4.78, 5) is 10.3. The lowest BCUT2D eigenvalue weighted by atomic mass is 10.1. The molecule has 13 heavy (non-hydrogen) atoms. The molecule has 0 saturated heterocycles. The number of rotatable bonds is 1. The Morgan fingerprint density at radius 3 is 2.31 bits per heavy atom. The van der Waals surface area contributed by atoms with Gasteiger partial charge in [-0.3, -0.25) is 4.79 Å². The fourth-order valence-corrected chi connectivity index (χ4v) is 0.792. The molecule has 0 heterocycles. The number of carbonyl (C=O) groups is 1. The monoisotopic (exact) mass is 182 g/mol. The van der Waals surface area contributed by atoms with E-state index in [-0.39, 0.29) is 5.75 Å². The van der Waals surface area contributed by atoms with Crippen LogP contribution in [0.15, 0.2) is 18.2 Å². The van der Waals surface area contributed by atoms with Crippen molar-refractivity contribution in [2.24, 2.45) is 0 Å². The number of methoxy groups -OCH3 is 1. The van der Waals surface area contributed by atoms with Crippen LogP contribution in [-0.4, -0.2) is 25.6 Å². The number of hydrogen-bond donors (Lipinski definition) is 1. The average molecular weight is 182 g/mol. The largest absolute Gasteiger partial charge is 0.508 e. The summed E-state index contributed by atoms with van der Waals surface area (Å²) in [6, 6.07) is 4.65. The van der Waals surface area contributed by atoms with E-state index in [1.54, 1.807) is 33.3 Å². The maximum absolute atomic E-state index is 10.3. The van der Waals surface area contributed by atoms with E-state index in [0.717, 1.165) is 11.8 Å². The quantitative estimate of drug-likeness (QED) is 0.673. The molecule has 0 radical (unpaired) electrons. The van der Waals surface area contributed by atoms with E-state index in [1.807, 2.05) is 0 Å². The molecule has 0 fully saturated rings. The highest BCUT2D eigenvalue weighted by molar-refractivity contribution is 5.77. The molecule has 1 aromatic carbocycles. The second-order valence-corrected chi connectivity index (χ2v) is 2.57. The summed E-state index contributed by atoms with van der Waals surface area (Å²) in [6.45, 7) is 1.78. The lowest BCUT2D eigenvalue weighted by Gasteiger charge is -1.96. The molecule has 72 valence electrons. The maximum Gasteiger partial charge on any atom is 0.150 e. The van der Waals surface area contributed by atoms with Crippen molar-refractivity contribution < 1.29 is 14.6 Å². The zero-order valence-electron chi connectivity index (χ0n) is 8.07. The van der Waals surface area contributed by atoms with Gasteiger partial charge in [0.25, 0.3) is 0 Å². The Balaban J connectivity index is 0.000000424. The predicted octanol–water partition coefficient (Wildman–Crippen LogP) is 1.78. The van der Waals surface area contributed by atoms with E-state index >= 15 is 0 Å². The van der Waals surface area contributed by atoms with E-state index < -0.39 is 0 Å². The number of hydrogen-bond acceptors (Lipinski definition) is 3. The van der Waals surface area contributed by atoms with Crippen molar-refractivity contribution in [1.82, 2.24) is 0 Å². The minimum Gasteiger partial charge on any atom is -0.508 e. The van der Waals surface area contributed by atoms with Crippen LogP contribution in [-0.2, 0) is 4.74 Å². The minimum atomic E-state index is 0.197. The van der Waals surface area contributed by atoms with Crippen LogP contribution < -0.4 is 0 Å². The van der Waals surface area contributed by atoms with Gasteiger partial charge >= 0.3 is 0 Å². The maximum atomic E-state index is 10.3. The van der Waals surface area contributed by atoms with Gasteiger partial charge < -0.3 is 9.84 Å². The van der Waals surface area contributed by atoms with Gasteiger partial charge in [0.15, 0.2) is 0 Å². The van der Waals surface area contributed by atoms with E-state index in [0.29, 0.717) is 5.56 Å². The van der Waals surface area contributed by atoms with Crippen LogP contribution >= 0.6 is 0 Å². The van der Waals surface area contributed by atoms with E-state index in [9.17, 15) is 4.79 Å². The Bertz CT molecular complexity index is 269. The Kier molecular flexibility index (Phi) is 5.55. The zero-order chi connectivity index (χ0) is 10.3. The summed E-state index contributed by atoms with van der Waals surface area (Å²) in [7, 11) is 3.25. The molecule has 0 bridgehead atoms. The summed E-state index contributed by atoms with van der Waals surface area (Å²) in [5.74, 6) is 0.197. The van der Waals surface area contributed by atoms with Gasteiger partial charge in [-0.1, -0.05) is 0 Å². The highest BCUT2D eigenvalue weighted by Crippen LogP contribution is 2.13. The molecule has 0 aliphatic heterocycles. The second-order valence-electron chi connectivity index (χ2n) is 2.57. The van der Waals surface area contributed by atoms with Crippen LogP contribution in [0.25, 0.3) is 0 Å². The molecule has 0 aliphatic carbocycles. The highest BCUT2D eigenvalue weighted by Gasteiger charge is 1.95. The molecule has 0 amide bonds. The standard InChI is InChI=1S/C8H8O2.C2H6O/c1-6-4-8(10)3-2-7(6)5-9;1-3-2/h2-5,10H,1H3;1-2H3. The molecule has 3 nitrogen and oxygen atoms in total.